The van der Waals surface area contributed by atoms with Gasteiger partial charge in [0.2, 0.25) is 0 Å². The zero-order valence-corrected chi connectivity index (χ0v) is 11.0. The van der Waals surface area contributed by atoms with Gasteiger partial charge >= 0.3 is 5.97 Å². The number of nitrogens with zero attached hydrogens (tertiary/aromatic N) is 1. The lowest BCUT2D eigenvalue weighted by molar-refractivity contribution is 0.0690. The summed E-state index contributed by atoms with van der Waals surface area (Å²) in [5.74, 6) is -0.522. The molecule has 0 spiro atoms. The van der Waals surface area contributed by atoms with Gasteiger partial charge in [0, 0.05) is 6.20 Å². The standard InChI is InChI=1S/C14H21NO2/c1-5-10(8-14(2,3)4)11-6-7-12(13(16)17)15-9-11/h6-7,9-10H,5,8H2,1-4H3,(H,16,17). The van der Waals surface area contributed by atoms with Crippen LogP contribution in [-0.2, 0) is 0 Å². The first-order valence-corrected chi connectivity index (χ1v) is 6.02. The minimum atomic E-state index is -0.972. The minimum absolute atomic E-state index is 0.111. The lowest BCUT2D eigenvalue weighted by Crippen LogP contribution is -2.12. The molecule has 0 radical (unpaired) electrons. The van der Waals surface area contributed by atoms with Crippen LogP contribution in [0.4, 0.5) is 0 Å². The number of rotatable bonds is 4. The maximum absolute atomic E-state index is 10.7. The molecule has 0 aliphatic rings. The topological polar surface area (TPSA) is 50.2 Å². The summed E-state index contributed by atoms with van der Waals surface area (Å²) in [6.45, 7) is 8.81. The molecule has 1 unspecified atom stereocenters. The van der Waals surface area contributed by atoms with E-state index < -0.39 is 5.97 Å². The van der Waals surface area contributed by atoms with E-state index in [1.54, 1.807) is 12.3 Å². The quantitative estimate of drug-likeness (QED) is 0.865. The van der Waals surface area contributed by atoms with Crippen LogP contribution >= 0.6 is 0 Å². The van der Waals surface area contributed by atoms with Gasteiger partial charge in [0.05, 0.1) is 0 Å². The molecule has 0 aromatic carbocycles. The third-order valence-electron chi connectivity index (χ3n) is 2.83. The van der Waals surface area contributed by atoms with Crippen LogP contribution in [-0.4, -0.2) is 16.1 Å². The molecule has 17 heavy (non-hydrogen) atoms. The van der Waals surface area contributed by atoms with Crippen molar-refractivity contribution in [2.45, 2.75) is 46.5 Å². The monoisotopic (exact) mass is 235 g/mol. The number of aromatic carboxylic acids is 1. The van der Waals surface area contributed by atoms with E-state index in [2.05, 4.69) is 32.7 Å². The van der Waals surface area contributed by atoms with Crippen molar-refractivity contribution in [2.75, 3.05) is 0 Å². The van der Waals surface area contributed by atoms with Gasteiger partial charge in [-0.1, -0.05) is 33.8 Å². The minimum Gasteiger partial charge on any atom is -0.477 e. The van der Waals surface area contributed by atoms with Gasteiger partial charge in [-0.15, -0.1) is 0 Å². The number of carboxylic acid groups (broad SMARTS) is 1. The van der Waals surface area contributed by atoms with Crippen LogP contribution in [0.15, 0.2) is 18.3 Å². The highest BCUT2D eigenvalue weighted by atomic mass is 16.4. The predicted molar refractivity (Wildman–Crippen MR) is 68.3 cm³/mol. The fourth-order valence-electron chi connectivity index (χ4n) is 2.01. The molecule has 0 aliphatic carbocycles. The van der Waals surface area contributed by atoms with Crippen molar-refractivity contribution in [1.29, 1.82) is 0 Å². The largest absolute Gasteiger partial charge is 0.477 e. The number of carboxylic acids is 1. The molecule has 0 saturated heterocycles. The Labute approximate surface area is 103 Å². The summed E-state index contributed by atoms with van der Waals surface area (Å²) >= 11 is 0. The summed E-state index contributed by atoms with van der Waals surface area (Å²) in [5, 5.41) is 8.80. The average Bonchev–Trinajstić information content (AvgIpc) is 2.25. The molecular weight excluding hydrogens is 214 g/mol. The second-order valence-corrected chi connectivity index (χ2v) is 5.65. The molecule has 0 aliphatic heterocycles. The van der Waals surface area contributed by atoms with Crippen LogP contribution in [0.3, 0.4) is 0 Å². The van der Waals surface area contributed by atoms with E-state index in [1.807, 2.05) is 6.07 Å². The summed E-state index contributed by atoms with van der Waals surface area (Å²) in [5.41, 5.74) is 1.51. The smallest absolute Gasteiger partial charge is 0.354 e. The van der Waals surface area contributed by atoms with Gasteiger partial charge in [-0.25, -0.2) is 9.78 Å². The Hall–Kier alpha value is -1.38. The van der Waals surface area contributed by atoms with Crippen LogP contribution in [0.25, 0.3) is 0 Å². The Morgan fingerprint density at radius 1 is 1.41 bits per heavy atom. The predicted octanol–water partition coefficient (Wildman–Crippen LogP) is 3.71. The first-order chi connectivity index (χ1) is 7.83. The Bertz CT molecular complexity index is 376. The van der Waals surface area contributed by atoms with Crippen molar-refractivity contribution in [2.24, 2.45) is 5.41 Å². The van der Waals surface area contributed by atoms with Crippen molar-refractivity contribution in [3.63, 3.8) is 0 Å². The Kier molecular flexibility index (Phi) is 4.27. The van der Waals surface area contributed by atoms with E-state index in [4.69, 9.17) is 5.11 Å². The van der Waals surface area contributed by atoms with E-state index in [1.165, 1.54) is 0 Å². The van der Waals surface area contributed by atoms with Gasteiger partial charge in [-0.3, -0.25) is 0 Å². The molecule has 1 heterocycles. The number of hydrogen-bond acceptors (Lipinski definition) is 2. The fourth-order valence-corrected chi connectivity index (χ4v) is 2.01. The van der Waals surface area contributed by atoms with E-state index in [0.29, 0.717) is 5.92 Å². The van der Waals surface area contributed by atoms with E-state index in [0.717, 1.165) is 18.4 Å². The van der Waals surface area contributed by atoms with E-state index >= 15 is 0 Å². The maximum atomic E-state index is 10.7. The molecule has 0 bridgehead atoms. The van der Waals surface area contributed by atoms with Crippen LogP contribution in [0, 0.1) is 5.41 Å². The van der Waals surface area contributed by atoms with Crippen LogP contribution in [0.2, 0.25) is 0 Å². The van der Waals surface area contributed by atoms with Gasteiger partial charge in [-0.2, -0.15) is 0 Å². The number of carbonyl (C=O) groups is 1. The van der Waals surface area contributed by atoms with E-state index in [-0.39, 0.29) is 11.1 Å². The Morgan fingerprint density at radius 3 is 2.41 bits per heavy atom. The van der Waals surface area contributed by atoms with Crippen LogP contribution in [0.1, 0.15) is 62.5 Å². The van der Waals surface area contributed by atoms with Crippen LogP contribution < -0.4 is 0 Å². The third kappa shape index (κ3) is 4.17. The molecule has 1 N–H and O–H groups in total. The van der Waals surface area contributed by atoms with Crippen molar-refractivity contribution >= 4 is 5.97 Å². The van der Waals surface area contributed by atoms with Crippen molar-refractivity contribution in [1.82, 2.24) is 4.98 Å². The average molecular weight is 235 g/mol. The first kappa shape index (κ1) is 13.7. The lowest BCUT2D eigenvalue weighted by atomic mass is 9.80. The van der Waals surface area contributed by atoms with E-state index in [9.17, 15) is 4.79 Å². The summed E-state index contributed by atoms with van der Waals surface area (Å²) in [6, 6.07) is 3.47. The molecule has 3 nitrogen and oxygen atoms in total. The second kappa shape index (κ2) is 5.30. The van der Waals surface area contributed by atoms with Crippen molar-refractivity contribution < 1.29 is 9.90 Å². The molecule has 3 heteroatoms. The number of pyridine rings is 1. The normalized spacial score (nSPS) is 13.4. The molecule has 1 aromatic heterocycles. The zero-order chi connectivity index (χ0) is 13.1. The highest BCUT2D eigenvalue weighted by Gasteiger charge is 2.19. The zero-order valence-electron chi connectivity index (χ0n) is 11.0. The molecule has 1 atom stereocenters. The Morgan fingerprint density at radius 2 is 2.06 bits per heavy atom. The second-order valence-electron chi connectivity index (χ2n) is 5.65. The molecule has 94 valence electrons. The lowest BCUT2D eigenvalue weighted by Gasteiger charge is -2.25. The molecule has 0 amide bonds. The first-order valence-electron chi connectivity index (χ1n) is 6.02. The molecule has 0 saturated carbocycles. The molecule has 1 rings (SSSR count). The summed E-state index contributed by atoms with van der Waals surface area (Å²) in [7, 11) is 0. The van der Waals surface area contributed by atoms with Crippen LogP contribution in [0.5, 0.6) is 0 Å². The summed E-state index contributed by atoms with van der Waals surface area (Å²) in [4.78, 5) is 14.7. The SMILES string of the molecule is CCC(CC(C)(C)C)c1ccc(C(=O)O)nc1. The fraction of sp³-hybridized carbons (Fsp3) is 0.571. The van der Waals surface area contributed by atoms with Crippen molar-refractivity contribution in [3.05, 3.63) is 29.6 Å². The number of aromatic nitrogens is 1. The molecule has 1 aromatic rings. The Balaban J connectivity index is 2.86. The molecular formula is C14H21NO2. The van der Waals surface area contributed by atoms with Gasteiger partial charge in [0.1, 0.15) is 5.69 Å². The van der Waals surface area contributed by atoms with Gasteiger partial charge in [-0.05, 0) is 35.8 Å². The molecule has 0 fully saturated rings. The summed E-state index contributed by atoms with van der Waals surface area (Å²) < 4.78 is 0. The van der Waals surface area contributed by atoms with Gasteiger partial charge < -0.3 is 5.11 Å². The third-order valence-corrected chi connectivity index (χ3v) is 2.83. The van der Waals surface area contributed by atoms with Gasteiger partial charge in [0.15, 0.2) is 0 Å². The highest BCUT2D eigenvalue weighted by molar-refractivity contribution is 5.85. The summed E-state index contributed by atoms with van der Waals surface area (Å²) in [6.07, 6.45) is 3.83. The van der Waals surface area contributed by atoms with Gasteiger partial charge in [0.25, 0.3) is 0 Å². The van der Waals surface area contributed by atoms with Crippen molar-refractivity contribution in [3.8, 4) is 0 Å². The number of hydrogen-bond donors (Lipinski definition) is 1. The maximum Gasteiger partial charge on any atom is 0.354 e. The highest BCUT2D eigenvalue weighted by Crippen LogP contribution is 2.32.